The first kappa shape index (κ1) is 19.4. The van der Waals surface area contributed by atoms with Gasteiger partial charge in [0, 0.05) is 19.0 Å². The molecule has 2 fully saturated rings. The number of amides is 1. The Labute approximate surface area is 169 Å². The molecule has 0 spiro atoms. The number of aliphatic imine (C=N–C) groups is 2. The van der Waals surface area contributed by atoms with Crippen LogP contribution in [-0.4, -0.2) is 56.9 Å². The zero-order valence-corrected chi connectivity index (χ0v) is 16.5. The van der Waals surface area contributed by atoms with Crippen molar-refractivity contribution < 1.29 is 14.6 Å². The Kier molecular flexibility index (Phi) is 5.46. The number of hydrogen-bond acceptors (Lipinski definition) is 6. The third kappa shape index (κ3) is 4.23. The van der Waals surface area contributed by atoms with Crippen LogP contribution < -0.4 is 4.74 Å². The van der Waals surface area contributed by atoms with Crippen LogP contribution in [0.4, 0.5) is 0 Å². The van der Waals surface area contributed by atoms with Crippen molar-refractivity contribution in [2.75, 3.05) is 13.1 Å². The maximum Gasteiger partial charge on any atom is 0.325 e. The van der Waals surface area contributed by atoms with Crippen LogP contribution in [0.3, 0.4) is 0 Å². The Bertz CT molecular complexity index is 875. The van der Waals surface area contributed by atoms with Gasteiger partial charge in [0.25, 0.3) is 0 Å². The molecule has 0 bridgehead atoms. The number of hydrogen-bond donors (Lipinski definition) is 2. The summed E-state index contributed by atoms with van der Waals surface area (Å²) in [4.78, 5) is 22.5. The lowest BCUT2D eigenvalue weighted by atomic mass is 10.0. The quantitative estimate of drug-likeness (QED) is 0.742. The zero-order valence-electron chi connectivity index (χ0n) is 16.5. The molecular formula is C20H26N6O3. The van der Waals surface area contributed by atoms with E-state index >= 15 is 0 Å². The number of nitrogens with zero attached hydrogens (tertiary/aromatic N) is 5. The third-order valence-electron chi connectivity index (χ3n) is 5.62. The molecular weight excluding hydrogens is 372 g/mol. The molecule has 2 N–H and O–H groups in total. The number of piperidine rings is 1. The molecule has 1 aromatic rings. The topological polar surface area (TPSA) is 116 Å². The molecule has 4 rings (SSSR count). The lowest BCUT2D eigenvalue weighted by Gasteiger charge is -2.32. The third-order valence-corrected chi connectivity index (χ3v) is 5.62. The van der Waals surface area contributed by atoms with Crippen molar-refractivity contribution >= 4 is 24.0 Å². The van der Waals surface area contributed by atoms with E-state index in [1.807, 2.05) is 16.5 Å². The number of carbonyl (C=O) groups is 1. The number of aliphatic hydroxyl groups is 1. The van der Waals surface area contributed by atoms with Crippen LogP contribution in [0.1, 0.15) is 45.1 Å². The highest BCUT2D eigenvalue weighted by atomic mass is 16.5. The molecule has 9 nitrogen and oxygen atoms in total. The van der Waals surface area contributed by atoms with Crippen molar-refractivity contribution in [3.05, 3.63) is 24.2 Å². The molecule has 154 valence electrons. The average molecular weight is 398 g/mol. The summed E-state index contributed by atoms with van der Waals surface area (Å²) in [5.74, 6) is 0.563. The summed E-state index contributed by atoms with van der Waals surface area (Å²) in [6.07, 6.45) is 10.6. The van der Waals surface area contributed by atoms with E-state index in [0.717, 1.165) is 38.8 Å². The Morgan fingerprint density at radius 2 is 2.07 bits per heavy atom. The molecule has 1 aromatic heterocycles. The summed E-state index contributed by atoms with van der Waals surface area (Å²) in [6.45, 7) is 3.35. The van der Waals surface area contributed by atoms with E-state index in [2.05, 4.69) is 15.1 Å². The van der Waals surface area contributed by atoms with Crippen molar-refractivity contribution in [1.82, 2.24) is 14.7 Å². The van der Waals surface area contributed by atoms with Gasteiger partial charge in [-0.15, -0.1) is 0 Å². The Hall–Kier alpha value is -2.97. The SMILES string of the molecule is C/C=C1/N=C(Oc2cnn(C3CCN(C(=O)C4CC4)CC3)c2)N=C(O)C1CC=N. The molecule has 3 aliphatic rings. The molecule has 0 aromatic carbocycles. The monoisotopic (exact) mass is 398 g/mol. The summed E-state index contributed by atoms with van der Waals surface area (Å²) in [5, 5.41) is 21.8. The predicted octanol–water partition coefficient (Wildman–Crippen LogP) is 2.72. The van der Waals surface area contributed by atoms with E-state index in [4.69, 9.17) is 10.1 Å². The van der Waals surface area contributed by atoms with Gasteiger partial charge in [-0.25, -0.2) is 0 Å². The minimum Gasteiger partial charge on any atom is -0.496 e. The Morgan fingerprint density at radius 1 is 1.31 bits per heavy atom. The predicted molar refractivity (Wildman–Crippen MR) is 109 cm³/mol. The van der Waals surface area contributed by atoms with Gasteiger partial charge >= 0.3 is 6.02 Å². The fourth-order valence-corrected chi connectivity index (χ4v) is 3.79. The first-order valence-electron chi connectivity index (χ1n) is 10.1. The molecule has 0 radical (unpaired) electrons. The number of amidine groups is 1. The van der Waals surface area contributed by atoms with Crippen LogP contribution >= 0.6 is 0 Å². The van der Waals surface area contributed by atoms with Gasteiger partial charge in [-0.2, -0.15) is 15.1 Å². The van der Waals surface area contributed by atoms with E-state index in [1.54, 1.807) is 18.5 Å². The second kappa shape index (κ2) is 8.18. The van der Waals surface area contributed by atoms with Gasteiger partial charge in [-0.05, 0) is 45.2 Å². The van der Waals surface area contributed by atoms with E-state index in [-0.39, 0.29) is 23.9 Å². The summed E-state index contributed by atoms with van der Waals surface area (Å²) in [6, 6.07) is 0.283. The van der Waals surface area contributed by atoms with Gasteiger partial charge in [0.15, 0.2) is 11.6 Å². The normalized spacial score (nSPS) is 24.2. The molecule has 9 heteroatoms. The molecule has 1 saturated heterocycles. The molecule has 1 atom stereocenters. The summed E-state index contributed by atoms with van der Waals surface area (Å²) in [5.41, 5.74) is 0.621. The fourth-order valence-electron chi connectivity index (χ4n) is 3.79. The Balaban J connectivity index is 1.37. The molecule has 1 amide bonds. The number of aliphatic hydroxyl groups excluding tert-OH is 1. The lowest BCUT2D eigenvalue weighted by molar-refractivity contribution is -0.133. The highest BCUT2D eigenvalue weighted by Gasteiger charge is 2.35. The van der Waals surface area contributed by atoms with Crippen molar-refractivity contribution in [2.45, 2.75) is 45.1 Å². The molecule has 3 heterocycles. The summed E-state index contributed by atoms with van der Waals surface area (Å²) < 4.78 is 7.58. The highest BCUT2D eigenvalue weighted by Crippen LogP contribution is 2.33. The standard InChI is InChI=1S/C20H26N6O3/c1-2-17-16(5-8-21)18(27)24-20(23-17)29-15-11-22-26(12-15)14-6-9-25(10-7-14)19(28)13-3-4-13/h2,8,11-14,16,21H,3-7,9-10H2,1H3,(H,23,24,27)/b17-2+,21-8?. The molecule has 29 heavy (non-hydrogen) atoms. The number of nitrogens with one attached hydrogen (secondary N) is 1. The number of likely N-dealkylation sites (tertiary alicyclic amines) is 1. The van der Waals surface area contributed by atoms with Crippen molar-refractivity contribution in [2.24, 2.45) is 21.8 Å². The summed E-state index contributed by atoms with van der Waals surface area (Å²) >= 11 is 0. The first-order valence-corrected chi connectivity index (χ1v) is 10.1. The van der Waals surface area contributed by atoms with Crippen molar-refractivity contribution in [3.63, 3.8) is 0 Å². The van der Waals surface area contributed by atoms with E-state index < -0.39 is 5.92 Å². The second-order valence-electron chi connectivity index (χ2n) is 7.66. The number of aromatic nitrogens is 2. The van der Waals surface area contributed by atoms with E-state index in [9.17, 15) is 9.90 Å². The highest BCUT2D eigenvalue weighted by molar-refractivity contribution is 5.96. The smallest absolute Gasteiger partial charge is 0.325 e. The van der Waals surface area contributed by atoms with Crippen molar-refractivity contribution in [1.29, 1.82) is 5.41 Å². The number of rotatable bonds is 5. The van der Waals surface area contributed by atoms with Gasteiger partial charge in [0.1, 0.15) is 0 Å². The maximum atomic E-state index is 12.2. The van der Waals surface area contributed by atoms with Crippen molar-refractivity contribution in [3.8, 4) is 5.75 Å². The second-order valence-corrected chi connectivity index (χ2v) is 7.66. The van der Waals surface area contributed by atoms with Crippen LogP contribution in [0.5, 0.6) is 5.75 Å². The number of carbonyl (C=O) groups excluding carboxylic acids is 1. The van der Waals surface area contributed by atoms with E-state index in [0.29, 0.717) is 23.8 Å². The molecule has 1 unspecified atom stereocenters. The van der Waals surface area contributed by atoms with E-state index in [1.165, 1.54) is 6.21 Å². The number of allylic oxidation sites excluding steroid dienone is 1. The maximum absolute atomic E-state index is 12.2. The van der Waals surface area contributed by atoms with Gasteiger partial charge in [0.05, 0.1) is 30.1 Å². The first-order chi connectivity index (χ1) is 14.1. The van der Waals surface area contributed by atoms with Crippen LogP contribution in [0.2, 0.25) is 0 Å². The van der Waals surface area contributed by atoms with Crippen LogP contribution in [0, 0.1) is 17.2 Å². The lowest BCUT2D eigenvalue weighted by Crippen LogP contribution is -2.39. The molecule has 1 aliphatic carbocycles. The summed E-state index contributed by atoms with van der Waals surface area (Å²) in [7, 11) is 0. The largest absolute Gasteiger partial charge is 0.496 e. The zero-order chi connectivity index (χ0) is 20.4. The van der Waals surface area contributed by atoms with Gasteiger partial charge in [-0.1, -0.05) is 6.08 Å². The van der Waals surface area contributed by atoms with Crippen LogP contribution in [-0.2, 0) is 4.79 Å². The van der Waals surface area contributed by atoms with Gasteiger partial charge < -0.3 is 20.2 Å². The van der Waals surface area contributed by atoms with Gasteiger partial charge in [0.2, 0.25) is 5.91 Å². The minimum atomic E-state index is -0.406. The Morgan fingerprint density at radius 3 is 2.72 bits per heavy atom. The van der Waals surface area contributed by atoms with Crippen LogP contribution in [0.25, 0.3) is 0 Å². The average Bonchev–Trinajstić information content (AvgIpc) is 3.48. The van der Waals surface area contributed by atoms with Gasteiger partial charge in [-0.3, -0.25) is 9.48 Å². The fraction of sp³-hybridized carbons (Fsp3) is 0.550. The number of ether oxygens (including phenoxy) is 1. The van der Waals surface area contributed by atoms with Crippen LogP contribution in [0.15, 0.2) is 34.2 Å². The minimum absolute atomic E-state index is 0.0567. The molecule has 1 saturated carbocycles. The molecule has 2 aliphatic heterocycles.